The second kappa shape index (κ2) is 4.23. The summed E-state index contributed by atoms with van der Waals surface area (Å²) in [7, 11) is 0. The van der Waals surface area contributed by atoms with Gasteiger partial charge in [0.2, 0.25) is 0 Å². The van der Waals surface area contributed by atoms with Crippen molar-refractivity contribution in [2.45, 2.75) is 39.7 Å². The maximum atomic E-state index is 10.0. The molecule has 86 valence electrons. The monoisotopic (exact) mass is 218 g/mol. The van der Waals surface area contributed by atoms with Gasteiger partial charge in [0.25, 0.3) is 0 Å². The van der Waals surface area contributed by atoms with Crippen LogP contribution in [-0.4, -0.2) is 15.7 Å². The van der Waals surface area contributed by atoms with Crippen LogP contribution in [0.25, 0.3) is 0 Å². The number of nitrogens with zero attached hydrogens (tertiary/aromatic N) is 2. The van der Waals surface area contributed by atoms with Gasteiger partial charge in [-0.25, -0.2) is 0 Å². The molecule has 1 aromatic heterocycles. The van der Waals surface area contributed by atoms with E-state index in [4.69, 9.17) is 5.26 Å². The Morgan fingerprint density at radius 1 is 1.31 bits per heavy atom. The van der Waals surface area contributed by atoms with E-state index in [1.165, 1.54) is 0 Å². The number of rotatable bonds is 3. The van der Waals surface area contributed by atoms with Gasteiger partial charge in [-0.05, 0) is 37.3 Å². The Morgan fingerprint density at radius 2 is 1.94 bits per heavy atom. The quantitative estimate of drug-likeness (QED) is 0.846. The van der Waals surface area contributed by atoms with Crippen molar-refractivity contribution in [3.05, 3.63) is 29.6 Å². The maximum Gasteiger partial charge on any atom is 0.101 e. The molecule has 0 saturated carbocycles. The molecule has 0 aliphatic carbocycles. The van der Waals surface area contributed by atoms with Crippen molar-refractivity contribution >= 4 is 0 Å². The number of hydrogen-bond acceptors (Lipinski definition) is 3. The number of aliphatic hydroxyl groups is 1. The van der Waals surface area contributed by atoms with Gasteiger partial charge in [-0.3, -0.25) is 4.98 Å². The Kier molecular flexibility index (Phi) is 3.35. The summed E-state index contributed by atoms with van der Waals surface area (Å²) in [4.78, 5) is 4.02. The molecule has 0 spiro atoms. The molecular weight excluding hydrogens is 200 g/mol. The molecular formula is C13H18N2O. The zero-order valence-corrected chi connectivity index (χ0v) is 10.3. The summed E-state index contributed by atoms with van der Waals surface area (Å²) in [6.07, 6.45) is 3.98. The minimum Gasteiger partial charge on any atom is -0.390 e. The Morgan fingerprint density at radius 3 is 2.44 bits per heavy atom. The van der Waals surface area contributed by atoms with E-state index in [9.17, 15) is 5.11 Å². The van der Waals surface area contributed by atoms with Crippen LogP contribution in [0.1, 0.15) is 38.8 Å². The topological polar surface area (TPSA) is 56.9 Å². The second-order valence-electron chi connectivity index (χ2n) is 5.31. The zero-order valence-electron chi connectivity index (χ0n) is 10.3. The number of aromatic nitrogens is 1. The highest BCUT2D eigenvalue weighted by Crippen LogP contribution is 2.33. The minimum absolute atomic E-state index is 0.261. The molecule has 0 aromatic carbocycles. The lowest BCUT2D eigenvalue weighted by atomic mass is 9.73. The fraction of sp³-hybridized carbons (Fsp3) is 0.538. The fourth-order valence-corrected chi connectivity index (χ4v) is 1.37. The molecule has 0 aliphatic heterocycles. The van der Waals surface area contributed by atoms with Crippen LogP contribution < -0.4 is 0 Å². The van der Waals surface area contributed by atoms with Crippen LogP contribution in [-0.2, 0) is 6.42 Å². The van der Waals surface area contributed by atoms with E-state index in [-0.39, 0.29) is 5.41 Å². The SMILES string of the molecule is CC(C)(O)C(C)(C)Cc1cncc(C#N)c1. The van der Waals surface area contributed by atoms with E-state index in [0.717, 1.165) is 5.56 Å². The van der Waals surface area contributed by atoms with Gasteiger partial charge in [0.05, 0.1) is 11.2 Å². The van der Waals surface area contributed by atoms with Crippen LogP contribution in [0.3, 0.4) is 0 Å². The van der Waals surface area contributed by atoms with Gasteiger partial charge in [0.15, 0.2) is 0 Å². The van der Waals surface area contributed by atoms with E-state index in [0.29, 0.717) is 12.0 Å². The molecule has 0 atom stereocenters. The molecule has 0 radical (unpaired) electrons. The van der Waals surface area contributed by atoms with E-state index in [2.05, 4.69) is 11.1 Å². The van der Waals surface area contributed by atoms with Crippen molar-refractivity contribution in [3.8, 4) is 6.07 Å². The molecule has 0 unspecified atom stereocenters. The Labute approximate surface area is 96.8 Å². The average molecular weight is 218 g/mol. The second-order valence-corrected chi connectivity index (χ2v) is 5.31. The van der Waals surface area contributed by atoms with Crippen molar-refractivity contribution in [2.24, 2.45) is 5.41 Å². The lowest BCUT2D eigenvalue weighted by Gasteiger charge is -2.37. The molecule has 1 N–H and O–H groups in total. The van der Waals surface area contributed by atoms with Gasteiger partial charge < -0.3 is 5.11 Å². The summed E-state index contributed by atoms with van der Waals surface area (Å²) in [5, 5.41) is 18.8. The van der Waals surface area contributed by atoms with Crippen LogP contribution in [0.15, 0.2) is 18.5 Å². The highest BCUT2D eigenvalue weighted by atomic mass is 16.3. The summed E-state index contributed by atoms with van der Waals surface area (Å²) < 4.78 is 0. The maximum absolute atomic E-state index is 10.0. The van der Waals surface area contributed by atoms with E-state index < -0.39 is 5.60 Å². The molecule has 1 aromatic rings. The third kappa shape index (κ3) is 2.80. The van der Waals surface area contributed by atoms with Crippen molar-refractivity contribution in [3.63, 3.8) is 0 Å². The fourth-order valence-electron chi connectivity index (χ4n) is 1.37. The average Bonchev–Trinajstić information content (AvgIpc) is 2.15. The number of nitriles is 1. The Hall–Kier alpha value is -1.40. The number of pyridine rings is 1. The van der Waals surface area contributed by atoms with Gasteiger partial charge in [-0.2, -0.15) is 5.26 Å². The van der Waals surface area contributed by atoms with Crippen molar-refractivity contribution in [1.29, 1.82) is 5.26 Å². The molecule has 1 rings (SSSR count). The first-order valence-electron chi connectivity index (χ1n) is 5.33. The lowest BCUT2D eigenvalue weighted by molar-refractivity contribution is -0.0344. The first kappa shape index (κ1) is 12.7. The highest BCUT2D eigenvalue weighted by Gasteiger charge is 2.34. The summed E-state index contributed by atoms with van der Waals surface area (Å²) in [6, 6.07) is 3.89. The normalized spacial score (nSPS) is 12.2. The van der Waals surface area contributed by atoms with Crippen molar-refractivity contribution in [2.75, 3.05) is 0 Å². The summed E-state index contributed by atoms with van der Waals surface area (Å²) in [5.74, 6) is 0. The van der Waals surface area contributed by atoms with Gasteiger partial charge in [-0.1, -0.05) is 13.8 Å². The van der Waals surface area contributed by atoms with Crippen molar-refractivity contribution < 1.29 is 5.11 Å². The van der Waals surface area contributed by atoms with Gasteiger partial charge >= 0.3 is 0 Å². The Balaban J connectivity index is 2.93. The van der Waals surface area contributed by atoms with Crippen LogP contribution in [0.2, 0.25) is 0 Å². The van der Waals surface area contributed by atoms with Crippen LogP contribution >= 0.6 is 0 Å². The Bertz CT molecular complexity index is 411. The van der Waals surface area contributed by atoms with E-state index >= 15 is 0 Å². The molecule has 1 heterocycles. The third-order valence-corrected chi connectivity index (χ3v) is 3.23. The molecule has 16 heavy (non-hydrogen) atoms. The van der Waals surface area contributed by atoms with Gasteiger partial charge in [0.1, 0.15) is 6.07 Å². The van der Waals surface area contributed by atoms with Crippen molar-refractivity contribution in [1.82, 2.24) is 4.98 Å². The molecule has 0 fully saturated rings. The third-order valence-electron chi connectivity index (χ3n) is 3.23. The van der Waals surface area contributed by atoms with Gasteiger partial charge in [0, 0.05) is 12.4 Å². The molecule has 0 amide bonds. The van der Waals surface area contributed by atoms with Crippen LogP contribution in [0, 0.1) is 16.7 Å². The smallest absolute Gasteiger partial charge is 0.101 e. The van der Waals surface area contributed by atoms with Crippen LogP contribution in [0.5, 0.6) is 0 Å². The van der Waals surface area contributed by atoms with Crippen LogP contribution in [0.4, 0.5) is 0 Å². The molecule has 0 bridgehead atoms. The predicted molar refractivity (Wildman–Crippen MR) is 62.7 cm³/mol. The number of hydrogen-bond donors (Lipinski definition) is 1. The summed E-state index contributed by atoms with van der Waals surface area (Å²) in [5.41, 5.74) is 0.508. The minimum atomic E-state index is -0.768. The molecule has 3 heteroatoms. The van der Waals surface area contributed by atoms with E-state index in [1.807, 2.05) is 19.9 Å². The summed E-state index contributed by atoms with van der Waals surface area (Å²) >= 11 is 0. The molecule has 3 nitrogen and oxygen atoms in total. The molecule has 0 saturated heterocycles. The molecule has 0 aliphatic rings. The lowest BCUT2D eigenvalue weighted by Crippen LogP contribution is -2.40. The predicted octanol–water partition coefficient (Wildman–Crippen LogP) is 2.29. The first-order valence-corrected chi connectivity index (χ1v) is 5.33. The van der Waals surface area contributed by atoms with E-state index in [1.54, 1.807) is 26.2 Å². The zero-order chi connectivity index (χ0) is 12.4. The standard InChI is InChI=1S/C13H18N2O/c1-12(2,13(3,4)16)6-10-5-11(7-14)9-15-8-10/h5,8-9,16H,6H2,1-4H3. The van der Waals surface area contributed by atoms with Gasteiger partial charge in [-0.15, -0.1) is 0 Å². The first-order chi connectivity index (χ1) is 7.26. The largest absolute Gasteiger partial charge is 0.390 e. The summed E-state index contributed by atoms with van der Waals surface area (Å²) in [6.45, 7) is 7.61. The highest BCUT2D eigenvalue weighted by molar-refractivity contribution is 5.29.